The van der Waals surface area contributed by atoms with Gasteiger partial charge in [0.15, 0.2) is 17.3 Å². The molecule has 1 aromatic heterocycles. The maximum Gasteiger partial charge on any atom is 0.171 e. The molecule has 0 bridgehead atoms. The van der Waals surface area contributed by atoms with E-state index in [9.17, 15) is 0 Å². The van der Waals surface area contributed by atoms with Gasteiger partial charge in [0.2, 0.25) is 0 Å². The molecule has 0 radical (unpaired) electrons. The Kier molecular flexibility index (Phi) is 7.51. The van der Waals surface area contributed by atoms with Crippen molar-refractivity contribution in [3.63, 3.8) is 0 Å². The van der Waals surface area contributed by atoms with Crippen molar-refractivity contribution in [1.82, 2.24) is 15.2 Å². The highest BCUT2D eigenvalue weighted by Gasteiger charge is 2.17. The van der Waals surface area contributed by atoms with Gasteiger partial charge in [-0.2, -0.15) is 5.10 Å². The number of aromatic nitrogens is 3. The average Bonchev–Trinajstić information content (AvgIpc) is 3.24. The Balaban J connectivity index is 1.62. The largest absolute Gasteiger partial charge is 0.497 e. The van der Waals surface area contributed by atoms with Gasteiger partial charge in [-0.15, -0.1) is 0 Å². The predicted molar refractivity (Wildman–Crippen MR) is 116 cm³/mol. The molecule has 0 saturated carbocycles. The van der Waals surface area contributed by atoms with Crippen LogP contribution in [0.25, 0.3) is 0 Å². The summed E-state index contributed by atoms with van der Waals surface area (Å²) in [6.45, 7) is 5.69. The minimum atomic E-state index is -0.462. The normalized spacial score (nSPS) is 11.7. The monoisotopic (exact) mass is 411 g/mol. The second-order valence-electron chi connectivity index (χ2n) is 6.60. The third kappa shape index (κ3) is 5.42. The Labute approximate surface area is 176 Å². The Bertz CT molecular complexity index is 944. The first-order chi connectivity index (χ1) is 14.6. The fourth-order valence-electron chi connectivity index (χ4n) is 3.03. The number of nitrogens with zero attached hydrogens (tertiary/aromatic N) is 2. The predicted octanol–water partition coefficient (Wildman–Crippen LogP) is 3.31. The van der Waals surface area contributed by atoms with Gasteiger partial charge in [-0.1, -0.05) is 12.1 Å². The molecule has 0 aliphatic heterocycles. The fourth-order valence-corrected chi connectivity index (χ4v) is 3.03. The molecule has 8 nitrogen and oxygen atoms in total. The molecule has 2 aromatic carbocycles. The molecule has 0 fully saturated rings. The van der Waals surface area contributed by atoms with E-state index >= 15 is 0 Å². The van der Waals surface area contributed by atoms with Crippen molar-refractivity contribution in [3.8, 4) is 17.2 Å². The van der Waals surface area contributed by atoms with Gasteiger partial charge in [0.1, 0.15) is 11.6 Å². The van der Waals surface area contributed by atoms with E-state index in [-0.39, 0.29) is 0 Å². The topological polar surface area (TPSA) is 107 Å². The highest BCUT2D eigenvalue weighted by molar-refractivity contribution is 5.48. The molecule has 3 rings (SSSR count). The number of ether oxygens (including phenoxy) is 3. The SMILES string of the molecule is CCOc1ccc([C@@H](N)c2n[nH]c(CCNc3cccc(OC)c3)n2)cc1OCC. The Hall–Kier alpha value is -3.26. The lowest BCUT2D eigenvalue weighted by Crippen LogP contribution is -2.14. The number of methoxy groups -OCH3 is 1. The molecule has 3 aromatic rings. The second kappa shape index (κ2) is 10.5. The molecule has 0 saturated heterocycles. The minimum absolute atomic E-state index is 0.462. The molecule has 30 heavy (non-hydrogen) atoms. The van der Waals surface area contributed by atoms with Crippen molar-refractivity contribution in [1.29, 1.82) is 0 Å². The Morgan fingerprint density at radius 3 is 2.63 bits per heavy atom. The van der Waals surface area contributed by atoms with Gasteiger partial charge < -0.3 is 25.3 Å². The summed E-state index contributed by atoms with van der Waals surface area (Å²) in [5.74, 6) is 3.50. The highest BCUT2D eigenvalue weighted by atomic mass is 16.5. The lowest BCUT2D eigenvalue weighted by atomic mass is 10.1. The van der Waals surface area contributed by atoms with E-state index in [1.54, 1.807) is 7.11 Å². The summed E-state index contributed by atoms with van der Waals surface area (Å²) in [5, 5.41) is 10.6. The van der Waals surface area contributed by atoms with Gasteiger partial charge >= 0.3 is 0 Å². The van der Waals surface area contributed by atoms with Crippen molar-refractivity contribution in [3.05, 3.63) is 59.7 Å². The minimum Gasteiger partial charge on any atom is -0.497 e. The van der Waals surface area contributed by atoms with Crippen LogP contribution in [0.4, 0.5) is 5.69 Å². The molecule has 160 valence electrons. The van der Waals surface area contributed by atoms with Crippen molar-refractivity contribution < 1.29 is 14.2 Å². The summed E-state index contributed by atoms with van der Waals surface area (Å²) < 4.78 is 16.5. The summed E-state index contributed by atoms with van der Waals surface area (Å²) in [7, 11) is 1.65. The first-order valence-corrected chi connectivity index (χ1v) is 10.1. The van der Waals surface area contributed by atoms with Gasteiger partial charge in [0.05, 0.1) is 26.4 Å². The molecule has 0 unspecified atom stereocenters. The molecular weight excluding hydrogens is 382 g/mol. The van der Waals surface area contributed by atoms with Crippen LogP contribution in [0.5, 0.6) is 17.2 Å². The lowest BCUT2D eigenvalue weighted by Gasteiger charge is -2.14. The second-order valence-corrected chi connectivity index (χ2v) is 6.60. The van der Waals surface area contributed by atoms with Crippen LogP contribution < -0.4 is 25.3 Å². The van der Waals surface area contributed by atoms with Crippen LogP contribution in [-0.2, 0) is 6.42 Å². The van der Waals surface area contributed by atoms with Gasteiger partial charge in [-0.05, 0) is 43.7 Å². The zero-order chi connectivity index (χ0) is 21.3. The Morgan fingerprint density at radius 2 is 1.87 bits per heavy atom. The molecule has 0 aliphatic rings. The summed E-state index contributed by atoms with van der Waals surface area (Å²) in [4.78, 5) is 4.56. The van der Waals surface area contributed by atoms with E-state index in [4.69, 9.17) is 19.9 Å². The Morgan fingerprint density at radius 1 is 1.07 bits per heavy atom. The first kappa shape index (κ1) is 21.4. The zero-order valence-corrected chi connectivity index (χ0v) is 17.6. The molecule has 1 heterocycles. The number of hydrogen-bond acceptors (Lipinski definition) is 7. The summed E-state index contributed by atoms with van der Waals surface area (Å²) in [6, 6.07) is 13.0. The highest BCUT2D eigenvalue weighted by Crippen LogP contribution is 2.31. The van der Waals surface area contributed by atoms with Gasteiger partial charge in [0, 0.05) is 24.7 Å². The number of anilines is 1. The number of hydrogen-bond donors (Lipinski definition) is 3. The van der Waals surface area contributed by atoms with E-state index < -0.39 is 6.04 Å². The third-order valence-electron chi connectivity index (χ3n) is 4.51. The molecule has 4 N–H and O–H groups in total. The molecular formula is C22H29N5O3. The van der Waals surface area contributed by atoms with E-state index in [0.717, 1.165) is 22.8 Å². The number of H-pyrrole nitrogens is 1. The van der Waals surface area contributed by atoms with E-state index in [0.29, 0.717) is 43.5 Å². The number of nitrogens with two attached hydrogens (primary N) is 1. The van der Waals surface area contributed by atoms with Crippen LogP contribution in [0, 0.1) is 0 Å². The molecule has 0 aliphatic carbocycles. The quantitative estimate of drug-likeness (QED) is 0.444. The first-order valence-electron chi connectivity index (χ1n) is 10.1. The van der Waals surface area contributed by atoms with Crippen LogP contribution in [-0.4, -0.2) is 42.0 Å². The maximum absolute atomic E-state index is 6.40. The van der Waals surface area contributed by atoms with Gasteiger partial charge in [-0.3, -0.25) is 5.10 Å². The van der Waals surface area contributed by atoms with E-state index in [1.807, 2.05) is 56.3 Å². The van der Waals surface area contributed by atoms with Crippen molar-refractivity contribution >= 4 is 5.69 Å². The maximum atomic E-state index is 6.40. The van der Waals surface area contributed by atoms with Gasteiger partial charge in [-0.25, -0.2) is 4.98 Å². The lowest BCUT2D eigenvalue weighted by molar-refractivity contribution is 0.287. The van der Waals surface area contributed by atoms with Crippen molar-refractivity contribution in [2.75, 3.05) is 32.2 Å². The zero-order valence-electron chi connectivity index (χ0n) is 17.6. The standard InChI is InChI=1S/C22H29N5O3/c1-4-29-18-10-9-15(13-19(18)30-5-2)21(23)22-25-20(26-27-22)11-12-24-16-7-6-8-17(14-16)28-3/h6-10,13-14,21,24H,4-5,11-12,23H2,1-3H3,(H,25,26,27)/t21-/m1/s1. The van der Waals surface area contributed by atoms with E-state index in [1.165, 1.54) is 0 Å². The molecule has 0 amide bonds. The average molecular weight is 412 g/mol. The van der Waals surface area contributed by atoms with Crippen molar-refractivity contribution in [2.24, 2.45) is 5.73 Å². The van der Waals surface area contributed by atoms with Crippen LogP contribution in [0.1, 0.15) is 37.1 Å². The van der Waals surface area contributed by atoms with Crippen LogP contribution in [0.2, 0.25) is 0 Å². The van der Waals surface area contributed by atoms with E-state index in [2.05, 4.69) is 20.5 Å². The third-order valence-corrected chi connectivity index (χ3v) is 4.51. The van der Waals surface area contributed by atoms with Gasteiger partial charge in [0.25, 0.3) is 0 Å². The number of rotatable bonds is 11. The van der Waals surface area contributed by atoms with Crippen LogP contribution in [0.3, 0.4) is 0 Å². The summed E-state index contributed by atoms with van der Waals surface area (Å²) in [6.07, 6.45) is 0.685. The summed E-state index contributed by atoms with van der Waals surface area (Å²) in [5.41, 5.74) is 8.25. The molecule has 0 spiro atoms. The number of nitrogens with one attached hydrogen (secondary N) is 2. The molecule has 8 heteroatoms. The fraction of sp³-hybridized carbons (Fsp3) is 0.364. The van der Waals surface area contributed by atoms with Crippen LogP contribution >= 0.6 is 0 Å². The molecule has 1 atom stereocenters. The van der Waals surface area contributed by atoms with Crippen LogP contribution in [0.15, 0.2) is 42.5 Å². The number of aromatic amines is 1. The van der Waals surface area contributed by atoms with Crippen molar-refractivity contribution in [2.45, 2.75) is 26.3 Å². The smallest absolute Gasteiger partial charge is 0.171 e. The number of benzene rings is 2. The summed E-state index contributed by atoms with van der Waals surface area (Å²) >= 11 is 0.